The van der Waals surface area contributed by atoms with Gasteiger partial charge >= 0.3 is 0 Å². The Morgan fingerprint density at radius 3 is 2.67 bits per heavy atom. The van der Waals surface area contributed by atoms with Gasteiger partial charge in [0.15, 0.2) is 0 Å². The fourth-order valence-electron chi connectivity index (χ4n) is 2.01. The summed E-state index contributed by atoms with van der Waals surface area (Å²) in [6, 6.07) is 16.0. The maximum atomic E-state index is 11.8. The van der Waals surface area contributed by atoms with Gasteiger partial charge in [-0.2, -0.15) is 5.10 Å². The van der Waals surface area contributed by atoms with Gasteiger partial charge in [0.05, 0.1) is 17.7 Å². The third-order valence-corrected chi connectivity index (χ3v) is 4.84. The van der Waals surface area contributed by atoms with Crippen molar-refractivity contribution in [2.24, 2.45) is 5.10 Å². The minimum Gasteiger partial charge on any atom is -0.377 e. The number of halogens is 1. The molecule has 2 aromatic rings. The first-order chi connectivity index (χ1) is 11.6. The standard InChI is InChI=1S/C18H20BrN3OS/c1-22(2)17-9-8-15(10-16(17)19)11-20-21-18(23)13-24-12-14-6-4-3-5-7-14/h3-11H,12-13H2,1-2H3,(H,21,23)/b20-11-. The van der Waals surface area contributed by atoms with Crippen LogP contribution < -0.4 is 10.3 Å². The van der Waals surface area contributed by atoms with Crippen molar-refractivity contribution in [3.63, 3.8) is 0 Å². The van der Waals surface area contributed by atoms with Crippen LogP contribution in [0.5, 0.6) is 0 Å². The predicted octanol–water partition coefficient (Wildman–Crippen LogP) is 3.90. The average molecular weight is 406 g/mol. The van der Waals surface area contributed by atoms with Crippen LogP contribution in [0.2, 0.25) is 0 Å². The van der Waals surface area contributed by atoms with Gasteiger partial charge in [0.1, 0.15) is 0 Å². The number of hydrogen-bond acceptors (Lipinski definition) is 4. The number of carbonyl (C=O) groups is 1. The van der Waals surface area contributed by atoms with Crippen LogP contribution in [0.25, 0.3) is 0 Å². The highest BCUT2D eigenvalue weighted by molar-refractivity contribution is 9.10. The molecule has 0 unspecified atom stereocenters. The predicted molar refractivity (Wildman–Crippen MR) is 107 cm³/mol. The normalized spacial score (nSPS) is 10.8. The minimum atomic E-state index is -0.101. The molecule has 0 aliphatic carbocycles. The first-order valence-corrected chi connectivity index (χ1v) is 9.41. The molecule has 0 radical (unpaired) electrons. The van der Waals surface area contributed by atoms with E-state index in [0.717, 1.165) is 21.5 Å². The van der Waals surface area contributed by atoms with Crippen LogP contribution in [0.15, 0.2) is 58.1 Å². The van der Waals surface area contributed by atoms with Gasteiger partial charge in [-0.3, -0.25) is 4.79 Å². The number of thioether (sulfide) groups is 1. The Balaban J connectivity index is 1.77. The van der Waals surface area contributed by atoms with Crippen LogP contribution in [0.1, 0.15) is 11.1 Å². The molecule has 0 aromatic heterocycles. The Labute approximate surface area is 155 Å². The number of rotatable bonds is 7. The molecule has 0 spiro atoms. The highest BCUT2D eigenvalue weighted by Gasteiger charge is 2.03. The van der Waals surface area contributed by atoms with Gasteiger partial charge in [0.25, 0.3) is 0 Å². The third kappa shape index (κ3) is 6.02. The lowest BCUT2D eigenvalue weighted by molar-refractivity contribution is -0.118. The van der Waals surface area contributed by atoms with Crippen molar-refractivity contribution in [2.45, 2.75) is 5.75 Å². The summed E-state index contributed by atoms with van der Waals surface area (Å²) in [5.74, 6) is 1.10. The molecule has 0 atom stereocenters. The summed E-state index contributed by atoms with van der Waals surface area (Å²) in [4.78, 5) is 13.8. The molecule has 2 rings (SSSR count). The van der Waals surface area contributed by atoms with Gasteiger partial charge in [0.2, 0.25) is 5.91 Å². The van der Waals surface area contributed by atoms with Crippen molar-refractivity contribution in [1.29, 1.82) is 0 Å². The third-order valence-electron chi connectivity index (χ3n) is 3.20. The molecule has 0 saturated heterocycles. The van der Waals surface area contributed by atoms with E-state index in [9.17, 15) is 4.79 Å². The monoisotopic (exact) mass is 405 g/mol. The molecule has 0 fully saturated rings. The second-order valence-electron chi connectivity index (χ2n) is 5.38. The Hall–Kier alpha value is -1.79. The number of carbonyl (C=O) groups excluding carboxylic acids is 1. The van der Waals surface area contributed by atoms with Crippen LogP contribution in [0.3, 0.4) is 0 Å². The van der Waals surface area contributed by atoms with E-state index in [0.29, 0.717) is 5.75 Å². The molecule has 0 aliphatic heterocycles. The number of hydrazone groups is 1. The number of nitrogens with one attached hydrogen (secondary N) is 1. The van der Waals surface area contributed by atoms with Gasteiger partial charge in [-0.1, -0.05) is 36.4 Å². The van der Waals surface area contributed by atoms with Crippen LogP contribution in [0, 0.1) is 0 Å². The second-order valence-corrected chi connectivity index (χ2v) is 7.22. The van der Waals surface area contributed by atoms with Crippen molar-refractivity contribution < 1.29 is 4.79 Å². The van der Waals surface area contributed by atoms with Crippen molar-refractivity contribution in [3.8, 4) is 0 Å². The molecule has 126 valence electrons. The van der Waals surface area contributed by atoms with E-state index in [1.807, 2.05) is 55.4 Å². The first kappa shape index (κ1) is 18.5. The number of amides is 1. The number of hydrogen-bond donors (Lipinski definition) is 1. The van der Waals surface area contributed by atoms with Crippen molar-refractivity contribution >= 4 is 45.5 Å². The molecule has 1 N–H and O–H groups in total. The molecular formula is C18H20BrN3OS. The van der Waals surface area contributed by atoms with Gasteiger partial charge in [0, 0.05) is 24.3 Å². The summed E-state index contributed by atoms with van der Waals surface area (Å²) in [7, 11) is 3.97. The summed E-state index contributed by atoms with van der Waals surface area (Å²) >= 11 is 5.10. The number of nitrogens with zero attached hydrogens (tertiary/aromatic N) is 2. The lowest BCUT2D eigenvalue weighted by Gasteiger charge is -2.14. The maximum absolute atomic E-state index is 11.8. The van der Waals surface area contributed by atoms with E-state index < -0.39 is 0 Å². The molecule has 0 bridgehead atoms. The largest absolute Gasteiger partial charge is 0.377 e. The Morgan fingerprint density at radius 1 is 1.25 bits per heavy atom. The molecule has 2 aromatic carbocycles. The molecule has 0 saturated carbocycles. The lowest BCUT2D eigenvalue weighted by Crippen LogP contribution is -2.19. The summed E-state index contributed by atoms with van der Waals surface area (Å²) in [6.07, 6.45) is 1.64. The highest BCUT2D eigenvalue weighted by atomic mass is 79.9. The van der Waals surface area contributed by atoms with Crippen molar-refractivity contribution in [1.82, 2.24) is 5.43 Å². The van der Waals surface area contributed by atoms with E-state index in [1.54, 1.807) is 18.0 Å². The summed E-state index contributed by atoms with van der Waals surface area (Å²) in [6.45, 7) is 0. The minimum absolute atomic E-state index is 0.101. The smallest absolute Gasteiger partial charge is 0.250 e. The van der Waals surface area contributed by atoms with Gasteiger partial charge in [-0.15, -0.1) is 11.8 Å². The molecule has 0 aliphatic rings. The summed E-state index contributed by atoms with van der Waals surface area (Å²) < 4.78 is 0.987. The van der Waals surface area contributed by atoms with E-state index in [4.69, 9.17) is 0 Å². The van der Waals surface area contributed by atoms with E-state index >= 15 is 0 Å². The van der Waals surface area contributed by atoms with Crippen molar-refractivity contribution in [3.05, 3.63) is 64.1 Å². The zero-order valence-electron chi connectivity index (χ0n) is 13.7. The maximum Gasteiger partial charge on any atom is 0.250 e. The van der Waals surface area contributed by atoms with E-state index in [1.165, 1.54) is 5.56 Å². The van der Waals surface area contributed by atoms with Crippen molar-refractivity contribution in [2.75, 3.05) is 24.7 Å². The number of benzene rings is 2. The Kier molecular flexibility index (Phi) is 7.34. The van der Waals surface area contributed by atoms with Gasteiger partial charge in [-0.05, 0) is 39.2 Å². The molecule has 1 amide bonds. The average Bonchev–Trinajstić information content (AvgIpc) is 2.55. The van der Waals surface area contributed by atoms with Crippen LogP contribution in [0.4, 0.5) is 5.69 Å². The summed E-state index contributed by atoms with van der Waals surface area (Å²) in [5.41, 5.74) is 5.78. The Morgan fingerprint density at radius 2 is 2.00 bits per heavy atom. The van der Waals surface area contributed by atoms with Crippen LogP contribution in [-0.4, -0.2) is 32.0 Å². The fraction of sp³-hybridized carbons (Fsp3) is 0.222. The quantitative estimate of drug-likeness (QED) is 0.561. The highest BCUT2D eigenvalue weighted by Crippen LogP contribution is 2.25. The molecule has 0 heterocycles. The zero-order valence-corrected chi connectivity index (χ0v) is 16.1. The SMILES string of the molecule is CN(C)c1ccc(/C=N\NC(=O)CSCc2ccccc2)cc1Br. The summed E-state index contributed by atoms with van der Waals surface area (Å²) in [5, 5.41) is 4.01. The topological polar surface area (TPSA) is 44.7 Å². The van der Waals surface area contributed by atoms with Gasteiger partial charge in [-0.25, -0.2) is 5.43 Å². The zero-order chi connectivity index (χ0) is 17.4. The molecule has 4 nitrogen and oxygen atoms in total. The number of anilines is 1. The van der Waals surface area contributed by atoms with Crippen LogP contribution in [-0.2, 0) is 10.5 Å². The molecular weight excluding hydrogens is 386 g/mol. The fourth-order valence-corrected chi connectivity index (χ4v) is 3.54. The van der Waals surface area contributed by atoms with Gasteiger partial charge < -0.3 is 4.90 Å². The Bertz CT molecular complexity index is 705. The van der Waals surface area contributed by atoms with E-state index in [2.05, 4.69) is 38.6 Å². The van der Waals surface area contributed by atoms with E-state index in [-0.39, 0.29) is 5.91 Å². The first-order valence-electron chi connectivity index (χ1n) is 7.46. The molecule has 6 heteroatoms. The van der Waals surface area contributed by atoms with Crippen LogP contribution >= 0.6 is 27.7 Å². The second kappa shape index (κ2) is 9.49. The lowest BCUT2D eigenvalue weighted by atomic mass is 10.2. The molecule has 24 heavy (non-hydrogen) atoms.